The van der Waals surface area contributed by atoms with Crippen molar-refractivity contribution in [3.8, 4) is 16.9 Å². The molecule has 0 aliphatic heterocycles. The van der Waals surface area contributed by atoms with Gasteiger partial charge in [-0.15, -0.1) is 0 Å². The fourth-order valence-corrected chi connectivity index (χ4v) is 5.41. The zero-order valence-electron chi connectivity index (χ0n) is 26.8. The number of rotatable bonds is 22. The van der Waals surface area contributed by atoms with Crippen molar-refractivity contribution in [1.29, 1.82) is 0 Å². The largest absolute Gasteiger partial charge is 0.492 e. The summed E-state index contributed by atoms with van der Waals surface area (Å²) >= 11 is 0. The van der Waals surface area contributed by atoms with Gasteiger partial charge in [-0.2, -0.15) is 0 Å². The number of fused-ring (bicyclic) bond motifs is 1. The molecule has 1 aromatic carbocycles. The van der Waals surface area contributed by atoms with Gasteiger partial charge in [0.2, 0.25) is 5.71 Å². The number of hydrogen-bond acceptors (Lipinski definition) is 5. The van der Waals surface area contributed by atoms with Crippen molar-refractivity contribution in [1.82, 2.24) is 4.98 Å². The van der Waals surface area contributed by atoms with E-state index in [1.54, 1.807) is 6.20 Å². The van der Waals surface area contributed by atoms with E-state index in [9.17, 15) is 4.79 Å². The highest BCUT2D eigenvalue weighted by Crippen LogP contribution is 2.27. The van der Waals surface area contributed by atoms with Gasteiger partial charge in [0.15, 0.2) is 0 Å². The van der Waals surface area contributed by atoms with Crippen LogP contribution in [-0.2, 0) is 17.6 Å². The number of benzene rings is 1. The molecule has 5 nitrogen and oxygen atoms in total. The van der Waals surface area contributed by atoms with E-state index in [1.165, 1.54) is 88.2 Å². The molecule has 0 fully saturated rings. The Labute approximate surface area is 254 Å². The molecule has 5 heteroatoms. The predicted octanol–water partition coefficient (Wildman–Crippen LogP) is 10.2. The smallest absolute Gasteiger partial charge is 0.345 e. The van der Waals surface area contributed by atoms with Crippen LogP contribution in [0.2, 0.25) is 0 Å². The fraction of sp³-hybridized carbons (Fsp3) is 0.622. The number of aryl methyl sites for hydroxylation is 2. The standard InChI is InChI=1S/C37H55NO4/c1-5-8-17-20-30-21-22-34(31(7-3)25-30)35-27-32-26-33(28-38-36(32)42-37(35)39)41-24-19-16-14-12-10-9-11-13-15-18-23-40-29(4)6-2/h21-22,25-29H,5-20,23-24H2,1-4H3. The summed E-state index contributed by atoms with van der Waals surface area (Å²) in [5, 5.41) is 0.791. The van der Waals surface area contributed by atoms with Crippen molar-refractivity contribution in [2.45, 2.75) is 137 Å². The van der Waals surface area contributed by atoms with E-state index in [2.05, 4.69) is 50.9 Å². The summed E-state index contributed by atoms with van der Waals surface area (Å²) in [4.78, 5) is 17.2. The van der Waals surface area contributed by atoms with E-state index in [0.717, 1.165) is 49.0 Å². The second kappa shape index (κ2) is 19.5. The van der Waals surface area contributed by atoms with Gasteiger partial charge in [0, 0.05) is 12.0 Å². The molecule has 0 N–H and O–H groups in total. The molecule has 3 aromatic rings. The van der Waals surface area contributed by atoms with Crippen molar-refractivity contribution >= 4 is 11.1 Å². The SMILES string of the molecule is CCCCCc1ccc(-c2cc3cc(OCCCCCCCCCCCCOC(C)CC)cnc3oc2=O)c(CC)c1. The third-order valence-corrected chi connectivity index (χ3v) is 8.26. The van der Waals surface area contributed by atoms with Gasteiger partial charge in [0.05, 0.1) is 24.5 Å². The van der Waals surface area contributed by atoms with Gasteiger partial charge >= 0.3 is 5.63 Å². The lowest BCUT2D eigenvalue weighted by Crippen LogP contribution is -2.07. The number of pyridine rings is 1. The maximum absolute atomic E-state index is 12.9. The lowest BCUT2D eigenvalue weighted by Gasteiger charge is -2.11. The first-order valence-corrected chi connectivity index (χ1v) is 16.9. The number of hydrogen-bond donors (Lipinski definition) is 0. The van der Waals surface area contributed by atoms with E-state index in [0.29, 0.717) is 24.0 Å². The molecule has 0 spiro atoms. The third kappa shape index (κ3) is 11.6. The third-order valence-electron chi connectivity index (χ3n) is 8.26. The van der Waals surface area contributed by atoms with Crippen LogP contribution in [0.15, 0.2) is 45.7 Å². The molecule has 1 atom stereocenters. The van der Waals surface area contributed by atoms with Crippen molar-refractivity contribution < 1.29 is 13.9 Å². The average Bonchev–Trinajstić information content (AvgIpc) is 3.00. The van der Waals surface area contributed by atoms with Crippen LogP contribution >= 0.6 is 0 Å². The molecular formula is C37H55NO4. The lowest BCUT2D eigenvalue weighted by molar-refractivity contribution is 0.0608. The topological polar surface area (TPSA) is 61.6 Å². The van der Waals surface area contributed by atoms with Crippen molar-refractivity contribution in [3.63, 3.8) is 0 Å². The van der Waals surface area contributed by atoms with Crippen LogP contribution in [0.3, 0.4) is 0 Å². The minimum atomic E-state index is -0.344. The molecule has 42 heavy (non-hydrogen) atoms. The summed E-state index contributed by atoms with van der Waals surface area (Å²) in [5.41, 5.74) is 4.06. The summed E-state index contributed by atoms with van der Waals surface area (Å²) in [6.07, 6.45) is 21.3. The van der Waals surface area contributed by atoms with Crippen LogP contribution < -0.4 is 10.4 Å². The molecule has 2 heterocycles. The zero-order chi connectivity index (χ0) is 30.0. The Hall–Kier alpha value is -2.66. The molecule has 0 aliphatic rings. The molecule has 0 saturated heterocycles. The summed E-state index contributed by atoms with van der Waals surface area (Å²) in [6, 6.07) is 10.3. The summed E-state index contributed by atoms with van der Waals surface area (Å²) in [7, 11) is 0. The number of ether oxygens (including phenoxy) is 2. The van der Waals surface area contributed by atoms with Crippen LogP contribution in [-0.4, -0.2) is 24.3 Å². The van der Waals surface area contributed by atoms with Crippen LogP contribution in [0.5, 0.6) is 5.75 Å². The van der Waals surface area contributed by atoms with Crippen LogP contribution in [0.1, 0.15) is 129 Å². The van der Waals surface area contributed by atoms with Gasteiger partial charge in [-0.25, -0.2) is 9.78 Å². The fourth-order valence-electron chi connectivity index (χ4n) is 5.41. The van der Waals surface area contributed by atoms with E-state index >= 15 is 0 Å². The van der Waals surface area contributed by atoms with Gasteiger partial charge in [0.25, 0.3) is 0 Å². The highest BCUT2D eigenvalue weighted by Gasteiger charge is 2.13. The highest BCUT2D eigenvalue weighted by molar-refractivity contribution is 5.81. The molecule has 232 valence electrons. The summed E-state index contributed by atoms with van der Waals surface area (Å²) in [6.45, 7) is 10.3. The minimum Gasteiger partial charge on any atom is -0.492 e. The average molecular weight is 578 g/mol. The molecule has 0 bridgehead atoms. The highest BCUT2D eigenvalue weighted by atomic mass is 16.5. The van der Waals surface area contributed by atoms with E-state index in [4.69, 9.17) is 13.9 Å². The lowest BCUT2D eigenvalue weighted by atomic mass is 9.95. The molecule has 1 unspecified atom stereocenters. The molecule has 0 aliphatic carbocycles. The zero-order valence-corrected chi connectivity index (χ0v) is 26.8. The first kappa shape index (κ1) is 33.8. The molecule has 0 saturated carbocycles. The van der Waals surface area contributed by atoms with E-state index < -0.39 is 0 Å². The second-order valence-electron chi connectivity index (χ2n) is 11.8. The number of aromatic nitrogens is 1. The first-order chi connectivity index (χ1) is 20.5. The van der Waals surface area contributed by atoms with Gasteiger partial charge in [-0.05, 0) is 74.3 Å². The van der Waals surface area contributed by atoms with Gasteiger partial charge in [0.1, 0.15) is 5.75 Å². The van der Waals surface area contributed by atoms with Crippen LogP contribution in [0.4, 0.5) is 0 Å². The molecule has 0 radical (unpaired) electrons. The molecule has 3 rings (SSSR count). The Morgan fingerprint density at radius 1 is 0.786 bits per heavy atom. The number of unbranched alkanes of at least 4 members (excludes halogenated alkanes) is 11. The van der Waals surface area contributed by atoms with Crippen molar-refractivity contribution in [2.24, 2.45) is 0 Å². The number of nitrogens with zero attached hydrogens (tertiary/aromatic N) is 1. The Kier molecular flexibility index (Phi) is 15.7. The Morgan fingerprint density at radius 2 is 1.48 bits per heavy atom. The molecule has 0 amide bonds. The second-order valence-corrected chi connectivity index (χ2v) is 11.8. The van der Waals surface area contributed by atoms with Crippen molar-refractivity contribution in [2.75, 3.05) is 13.2 Å². The van der Waals surface area contributed by atoms with Crippen LogP contribution in [0, 0.1) is 0 Å². The summed E-state index contributed by atoms with van der Waals surface area (Å²) < 4.78 is 17.4. The Balaban J connectivity index is 1.40. The van der Waals surface area contributed by atoms with E-state index in [1.807, 2.05) is 12.1 Å². The monoisotopic (exact) mass is 577 g/mol. The maximum atomic E-state index is 12.9. The predicted molar refractivity (Wildman–Crippen MR) is 176 cm³/mol. The van der Waals surface area contributed by atoms with Crippen molar-refractivity contribution in [3.05, 3.63) is 58.1 Å². The molecule has 2 aromatic heterocycles. The Bertz CT molecular complexity index is 1230. The van der Waals surface area contributed by atoms with Gasteiger partial charge < -0.3 is 13.9 Å². The minimum absolute atomic E-state index is 0.344. The van der Waals surface area contributed by atoms with Gasteiger partial charge in [-0.3, -0.25) is 0 Å². The Morgan fingerprint density at radius 3 is 2.14 bits per heavy atom. The molecular weight excluding hydrogens is 522 g/mol. The normalized spacial score (nSPS) is 12.2. The maximum Gasteiger partial charge on any atom is 0.345 e. The van der Waals surface area contributed by atoms with Crippen LogP contribution in [0.25, 0.3) is 22.2 Å². The van der Waals surface area contributed by atoms with Gasteiger partial charge in [-0.1, -0.05) is 103 Å². The quantitative estimate of drug-likeness (QED) is 0.111. The first-order valence-electron chi connectivity index (χ1n) is 16.9. The van der Waals surface area contributed by atoms with E-state index in [-0.39, 0.29) is 5.63 Å². The summed E-state index contributed by atoms with van der Waals surface area (Å²) in [5.74, 6) is 0.721.